The van der Waals surface area contributed by atoms with Crippen LogP contribution >= 0.6 is 11.8 Å². The smallest absolute Gasteiger partial charge is 0.221 e. The number of carbonyl (C=O) groups is 1. The Morgan fingerprint density at radius 1 is 1.44 bits per heavy atom. The fourth-order valence-corrected chi connectivity index (χ4v) is 2.91. The van der Waals surface area contributed by atoms with E-state index in [1.807, 2.05) is 23.9 Å². The van der Waals surface area contributed by atoms with Crippen molar-refractivity contribution in [3.63, 3.8) is 0 Å². The van der Waals surface area contributed by atoms with E-state index in [4.69, 9.17) is 0 Å². The van der Waals surface area contributed by atoms with Crippen LogP contribution in [0.15, 0.2) is 24.3 Å². The molecule has 0 aliphatic carbocycles. The van der Waals surface area contributed by atoms with Crippen LogP contribution in [0.1, 0.15) is 24.8 Å². The first-order chi connectivity index (χ1) is 7.65. The molecule has 0 saturated carbocycles. The third-order valence-corrected chi connectivity index (χ3v) is 3.84. The number of rotatable bonds is 2. The molecular weight excluding hydrogens is 220 g/mol. The van der Waals surface area contributed by atoms with Crippen molar-refractivity contribution in [2.45, 2.75) is 24.5 Å². The van der Waals surface area contributed by atoms with Gasteiger partial charge in [0.2, 0.25) is 5.91 Å². The second-order valence-corrected chi connectivity index (χ2v) is 5.59. The molecule has 1 saturated heterocycles. The predicted octanol–water partition coefficient (Wildman–Crippen LogP) is 2.37. The summed E-state index contributed by atoms with van der Waals surface area (Å²) in [6, 6.07) is 8.02. The Hall–Kier alpha value is -1.00. The minimum Gasteiger partial charge on any atom is -0.326 e. The minimum atomic E-state index is -0.0326. The van der Waals surface area contributed by atoms with Gasteiger partial charge in [0.1, 0.15) is 0 Å². The summed E-state index contributed by atoms with van der Waals surface area (Å²) in [5.74, 6) is -0.0326. The van der Waals surface area contributed by atoms with Gasteiger partial charge in [-0.15, -0.1) is 11.8 Å². The number of nitrogens with one attached hydrogen (secondary N) is 2. The summed E-state index contributed by atoms with van der Waals surface area (Å²) in [6.07, 6.45) is 0. The Kier molecular flexibility index (Phi) is 3.51. The predicted molar refractivity (Wildman–Crippen MR) is 68.5 cm³/mol. The molecule has 1 heterocycles. The Balaban J connectivity index is 2.04. The zero-order valence-corrected chi connectivity index (χ0v) is 10.3. The second-order valence-electron chi connectivity index (χ2n) is 4.04. The maximum atomic E-state index is 10.9. The van der Waals surface area contributed by atoms with Gasteiger partial charge in [-0.3, -0.25) is 4.79 Å². The Morgan fingerprint density at radius 2 is 2.12 bits per heavy atom. The molecule has 0 radical (unpaired) electrons. The summed E-state index contributed by atoms with van der Waals surface area (Å²) in [7, 11) is 0. The van der Waals surface area contributed by atoms with Crippen molar-refractivity contribution >= 4 is 23.4 Å². The zero-order valence-electron chi connectivity index (χ0n) is 9.49. The third kappa shape index (κ3) is 2.77. The Labute approximate surface area is 100.0 Å². The molecule has 2 rings (SSSR count). The summed E-state index contributed by atoms with van der Waals surface area (Å²) in [6.45, 7) is 4.80. The molecule has 0 bridgehead atoms. The van der Waals surface area contributed by atoms with E-state index in [0.29, 0.717) is 10.6 Å². The largest absolute Gasteiger partial charge is 0.326 e. The molecular formula is C12H16N2OS. The summed E-state index contributed by atoms with van der Waals surface area (Å²) >= 11 is 1.94. The van der Waals surface area contributed by atoms with Gasteiger partial charge in [0.25, 0.3) is 0 Å². The third-order valence-electron chi connectivity index (χ3n) is 2.49. The van der Waals surface area contributed by atoms with E-state index in [9.17, 15) is 4.79 Å². The highest BCUT2D eigenvalue weighted by atomic mass is 32.2. The van der Waals surface area contributed by atoms with Gasteiger partial charge in [0.05, 0.1) is 5.37 Å². The molecule has 2 N–H and O–H groups in total. The number of thioether (sulfide) groups is 1. The topological polar surface area (TPSA) is 41.1 Å². The van der Waals surface area contributed by atoms with Crippen LogP contribution in [0.4, 0.5) is 5.69 Å². The van der Waals surface area contributed by atoms with Crippen molar-refractivity contribution in [3.8, 4) is 0 Å². The molecule has 1 aliphatic rings. The molecule has 0 spiro atoms. The van der Waals surface area contributed by atoms with Gasteiger partial charge in [-0.1, -0.05) is 19.1 Å². The summed E-state index contributed by atoms with van der Waals surface area (Å²) in [5, 5.41) is 7.28. The molecule has 86 valence electrons. The van der Waals surface area contributed by atoms with E-state index in [0.717, 1.165) is 12.2 Å². The van der Waals surface area contributed by atoms with Crippen LogP contribution in [0, 0.1) is 0 Å². The van der Waals surface area contributed by atoms with Gasteiger partial charge >= 0.3 is 0 Å². The molecule has 2 unspecified atom stereocenters. The van der Waals surface area contributed by atoms with Crippen LogP contribution in [0.3, 0.4) is 0 Å². The fourth-order valence-electron chi connectivity index (χ4n) is 1.74. The van der Waals surface area contributed by atoms with Crippen LogP contribution in [-0.2, 0) is 4.79 Å². The van der Waals surface area contributed by atoms with Crippen molar-refractivity contribution < 1.29 is 4.79 Å². The van der Waals surface area contributed by atoms with Crippen LogP contribution in [0.2, 0.25) is 0 Å². The molecule has 3 nitrogen and oxygen atoms in total. The molecule has 1 fully saturated rings. The van der Waals surface area contributed by atoms with Crippen LogP contribution in [0.5, 0.6) is 0 Å². The molecule has 1 aromatic rings. The first-order valence-corrected chi connectivity index (χ1v) is 6.36. The van der Waals surface area contributed by atoms with Gasteiger partial charge < -0.3 is 10.6 Å². The number of carbonyl (C=O) groups excluding carboxylic acids is 1. The van der Waals surface area contributed by atoms with E-state index in [-0.39, 0.29) is 5.91 Å². The summed E-state index contributed by atoms with van der Waals surface area (Å²) < 4.78 is 0. The van der Waals surface area contributed by atoms with Crippen LogP contribution < -0.4 is 10.6 Å². The first-order valence-electron chi connectivity index (χ1n) is 5.41. The maximum Gasteiger partial charge on any atom is 0.221 e. The molecule has 16 heavy (non-hydrogen) atoms. The molecule has 1 aliphatic heterocycles. The van der Waals surface area contributed by atoms with Crippen molar-refractivity contribution in [2.75, 3.05) is 11.9 Å². The van der Waals surface area contributed by atoms with Gasteiger partial charge in [0, 0.05) is 24.4 Å². The average Bonchev–Trinajstić information content (AvgIpc) is 2.65. The van der Waals surface area contributed by atoms with Crippen molar-refractivity contribution in [3.05, 3.63) is 29.8 Å². The lowest BCUT2D eigenvalue weighted by Crippen LogP contribution is -2.14. The molecule has 1 amide bonds. The molecule has 1 aromatic carbocycles. The monoisotopic (exact) mass is 236 g/mol. The van der Waals surface area contributed by atoms with Gasteiger partial charge in [0.15, 0.2) is 0 Å². The lowest BCUT2D eigenvalue weighted by molar-refractivity contribution is -0.114. The second kappa shape index (κ2) is 4.89. The van der Waals surface area contributed by atoms with E-state index >= 15 is 0 Å². The SMILES string of the molecule is CC(=O)Nc1ccc(C2NCC(C)S2)cc1. The molecule has 0 aromatic heterocycles. The highest BCUT2D eigenvalue weighted by molar-refractivity contribution is 8.00. The standard InChI is InChI=1S/C12H16N2OS/c1-8-7-13-12(16-8)10-3-5-11(6-4-10)14-9(2)15/h3-6,8,12-13H,7H2,1-2H3,(H,14,15). The van der Waals surface area contributed by atoms with Gasteiger partial charge in [-0.05, 0) is 17.7 Å². The van der Waals surface area contributed by atoms with Crippen molar-refractivity contribution in [1.29, 1.82) is 0 Å². The minimum absolute atomic E-state index is 0.0326. The van der Waals surface area contributed by atoms with E-state index < -0.39 is 0 Å². The maximum absolute atomic E-state index is 10.9. The zero-order chi connectivity index (χ0) is 11.5. The van der Waals surface area contributed by atoms with E-state index in [1.54, 1.807) is 0 Å². The summed E-state index contributed by atoms with van der Waals surface area (Å²) in [4.78, 5) is 10.9. The van der Waals surface area contributed by atoms with E-state index in [2.05, 4.69) is 29.7 Å². The van der Waals surface area contributed by atoms with Crippen molar-refractivity contribution in [2.24, 2.45) is 0 Å². The number of anilines is 1. The Morgan fingerprint density at radius 3 is 2.62 bits per heavy atom. The van der Waals surface area contributed by atoms with E-state index in [1.165, 1.54) is 12.5 Å². The lowest BCUT2D eigenvalue weighted by Gasteiger charge is -2.11. The highest BCUT2D eigenvalue weighted by Gasteiger charge is 2.22. The number of hydrogen-bond acceptors (Lipinski definition) is 3. The van der Waals surface area contributed by atoms with Crippen LogP contribution in [-0.4, -0.2) is 17.7 Å². The number of amides is 1. The quantitative estimate of drug-likeness (QED) is 0.828. The van der Waals surface area contributed by atoms with Gasteiger partial charge in [-0.25, -0.2) is 0 Å². The highest BCUT2D eigenvalue weighted by Crippen LogP contribution is 2.34. The number of benzene rings is 1. The molecule has 4 heteroatoms. The average molecular weight is 236 g/mol. The normalized spacial score (nSPS) is 24.4. The summed E-state index contributed by atoms with van der Waals surface area (Å²) in [5.41, 5.74) is 2.12. The molecule has 2 atom stereocenters. The Bertz CT molecular complexity index is 377. The fraction of sp³-hybridized carbons (Fsp3) is 0.417. The van der Waals surface area contributed by atoms with Gasteiger partial charge in [-0.2, -0.15) is 0 Å². The number of hydrogen-bond donors (Lipinski definition) is 2. The first kappa shape index (κ1) is 11.5. The lowest BCUT2D eigenvalue weighted by atomic mass is 10.2. The van der Waals surface area contributed by atoms with Crippen LogP contribution in [0.25, 0.3) is 0 Å². The van der Waals surface area contributed by atoms with Crippen molar-refractivity contribution in [1.82, 2.24) is 5.32 Å².